The van der Waals surface area contributed by atoms with E-state index in [1.54, 1.807) is 20.8 Å². The lowest BCUT2D eigenvalue weighted by molar-refractivity contribution is -0.384. The number of aliphatic carboxylic acids is 1. The van der Waals surface area contributed by atoms with Crippen molar-refractivity contribution >= 4 is 17.5 Å². The molecule has 0 amide bonds. The molecule has 1 aromatic heterocycles. The van der Waals surface area contributed by atoms with Gasteiger partial charge >= 0.3 is 11.7 Å². The average molecular weight is 253 g/mol. The normalized spacial score (nSPS) is 10.4. The van der Waals surface area contributed by atoms with Gasteiger partial charge in [0.1, 0.15) is 6.54 Å². The minimum absolute atomic E-state index is 0.0948. The van der Waals surface area contributed by atoms with Crippen LogP contribution >= 0.6 is 0 Å². The SMILES string of the molecule is Cc1ccc([N+](=O)[O-])c(N(CC(=O)O)C(C)C)n1. The Hall–Kier alpha value is -2.18. The molecule has 18 heavy (non-hydrogen) atoms. The van der Waals surface area contributed by atoms with E-state index in [4.69, 9.17) is 5.11 Å². The fourth-order valence-electron chi connectivity index (χ4n) is 1.54. The molecule has 1 heterocycles. The van der Waals surface area contributed by atoms with Crippen molar-refractivity contribution in [2.45, 2.75) is 26.8 Å². The predicted molar refractivity (Wildman–Crippen MR) is 65.7 cm³/mol. The van der Waals surface area contributed by atoms with E-state index in [1.807, 2.05) is 0 Å². The first-order valence-electron chi connectivity index (χ1n) is 5.43. The Morgan fingerprint density at radius 3 is 2.61 bits per heavy atom. The van der Waals surface area contributed by atoms with Crippen LogP contribution in [0.1, 0.15) is 19.5 Å². The quantitative estimate of drug-likeness (QED) is 0.632. The van der Waals surface area contributed by atoms with E-state index >= 15 is 0 Å². The monoisotopic (exact) mass is 253 g/mol. The van der Waals surface area contributed by atoms with E-state index in [9.17, 15) is 14.9 Å². The van der Waals surface area contributed by atoms with Crippen LogP contribution in [-0.4, -0.2) is 33.6 Å². The van der Waals surface area contributed by atoms with Crippen molar-refractivity contribution in [3.8, 4) is 0 Å². The smallest absolute Gasteiger partial charge is 0.323 e. The van der Waals surface area contributed by atoms with Crippen LogP contribution in [0, 0.1) is 17.0 Å². The molecule has 0 radical (unpaired) electrons. The molecule has 7 heteroatoms. The molecular formula is C11H15N3O4. The number of carboxylic acids is 1. The summed E-state index contributed by atoms with van der Waals surface area (Å²) in [6.45, 7) is 4.90. The van der Waals surface area contributed by atoms with Crippen molar-refractivity contribution in [1.29, 1.82) is 0 Å². The summed E-state index contributed by atoms with van der Waals surface area (Å²) in [7, 11) is 0. The summed E-state index contributed by atoms with van der Waals surface area (Å²) in [5, 5.41) is 19.8. The number of aromatic nitrogens is 1. The molecule has 0 saturated heterocycles. The number of rotatable bonds is 5. The van der Waals surface area contributed by atoms with Crippen LogP contribution in [0.4, 0.5) is 11.5 Å². The average Bonchev–Trinajstić information content (AvgIpc) is 2.24. The summed E-state index contributed by atoms with van der Waals surface area (Å²) in [6.07, 6.45) is 0. The van der Waals surface area contributed by atoms with Gasteiger partial charge in [-0.15, -0.1) is 0 Å². The van der Waals surface area contributed by atoms with Crippen LogP contribution in [0.15, 0.2) is 12.1 Å². The molecule has 0 fully saturated rings. The van der Waals surface area contributed by atoms with Crippen LogP contribution in [0.25, 0.3) is 0 Å². The number of anilines is 1. The highest BCUT2D eigenvalue weighted by Crippen LogP contribution is 2.27. The maximum atomic E-state index is 10.9. The molecule has 1 N–H and O–H groups in total. The molecule has 98 valence electrons. The van der Waals surface area contributed by atoms with Crippen molar-refractivity contribution < 1.29 is 14.8 Å². The Morgan fingerprint density at radius 2 is 2.17 bits per heavy atom. The Bertz CT molecular complexity index is 473. The molecule has 1 aromatic rings. The largest absolute Gasteiger partial charge is 0.480 e. The second-order valence-corrected chi connectivity index (χ2v) is 4.17. The Balaban J connectivity index is 3.29. The molecule has 7 nitrogen and oxygen atoms in total. The third-order valence-electron chi connectivity index (χ3n) is 2.39. The van der Waals surface area contributed by atoms with Gasteiger partial charge in [-0.3, -0.25) is 14.9 Å². The lowest BCUT2D eigenvalue weighted by Gasteiger charge is -2.25. The van der Waals surface area contributed by atoms with Crippen LogP contribution in [0.5, 0.6) is 0 Å². The highest BCUT2D eigenvalue weighted by atomic mass is 16.6. The van der Waals surface area contributed by atoms with Crippen molar-refractivity contribution in [3.05, 3.63) is 27.9 Å². The van der Waals surface area contributed by atoms with E-state index in [-0.39, 0.29) is 24.1 Å². The highest BCUT2D eigenvalue weighted by molar-refractivity contribution is 5.75. The van der Waals surface area contributed by atoms with Gasteiger partial charge in [-0.25, -0.2) is 4.98 Å². The minimum Gasteiger partial charge on any atom is -0.480 e. The standard InChI is InChI=1S/C11H15N3O4/c1-7(2)13(6-10(15)16)11-9(14(17)18)5-4-8(3)12-11/h4-5,7H,6H2,1-3H3,(H,15,16). The molecule has 0 unspecified atom stereocenters. The third kappa shape index (κ3) is 3.16. The zero-order chi connectivity index (χ0) is 13.9. The summed E-state index contributed by atoms with van der Waals surface area (Å²) < 4.78 is 0. The lowest BCUT2D eigenvalue weighted by atomic mass is 10.2. The second kappa shape index (κ2) is 5.44. The molecule has 1 rings (SSSR count). The first-order valence-corrected chi connectivity index (χ1v) is 5.43. The third-order valence-corrected chi connectivity index (χ3v) is 2.39. The van der Waals surface area contributed by atoms with Gasteiger partial charge in [-0.05, 0) is 26.8 Å². The number of nitrogens with zero attached hydrogens (tertiary/aromatic N) is 3. The zero-order valence-electron chi connectivity index (χ0n) is 10.5. The van der Waals surface area contributed by atoms with Gasteiger partial charge in [0.2, 0.25) is 5.82 Å². The van der Waals surface area contributed by atoms with Gasteiger partial charge < -0.3 is 10.0 Å². The summed E-state index contributed by atoms with van der Waals surface area (Å²) in [5.74, 6) is -0.960. The fourth-order valence-corrected chi connectivity index (χ4v) is 1.54. The molecule has 0 aliphatic rings. The highest BCUT2D eigenvalue weighted by Gasteiger charge is 2.24. The first kappa shape index (κ1) is 13.9. The van der Waals surface area contributed by atoms with E-state index < -0.39 is 10.9 Å². The topological polar surface area (TPSA) is 96.6 Å². The van der Waals surface area contributed by atoms with Gasteiger partial charge in [0.25, 0.3) is 0 Å². The van der Waals surface area contributed by atoms with Crippen molar-refractivity contribution in [3.63, 3.8) is 0 Å². The van der Waals surface area contributed by atoms with E-state index in [1.165, 1.54) is 17.0 Å². The Kier molecular flexibility index (Phi) is 4.19. The zero-order valence-corrected chi connectivity index (χ0v) is 10.5. The van der Waals surface area contributed by atoms with Gasteiger partial charge in [0.05, 0.1) is 4.92 Å². The number of aryl methyl sites for hydroxylation is 1. The number of carboxylic acid groups (broad SMARTS) is 1. The summed E-state index contributed by atoms with van der Waals surface area (Å²) in [5.41, 5.74) is 0.419. The van der Waals surface area contributed by atoms with Gasteiger partial charge in [-0.1, -0.05) is 0 Å². The van der Waals surface area contributed by atoms with E-state index in [0.29, 0.717) is 5.69 Å². The molecule has 0 aliphatic carbocycles. The Morgan fingerprint density at radius 1 is 1.56 bits per heavy atom. The summed E-state index contributed by atoms with van der Waals surface area (Å²) in [6, 6.07) is 2.67. The number of hydrogen-bond acceptors (Lipinski definition) is 5. The number of pyridine rings is 1. The van der Waals surface area contributed by atoms with Crippen molar-refractivity contribution in [2.24, 2.45) is 0 Å². The Labute approximate surface area is 104 Å². The molecule has 0 saturated carbocycles. The van der Waals surface area contributed by atoms with E-state index in [0.717, 1.165) is 0 Å². The van der Waals surface area contributed by atoms with Crippen LogP contribution in [-0.2, 0) is 4.79 Å². The molecule has 0 spiro atoms. The molecule has 0 aromatic carbocycles. The number of carbonyl (C=O) groups is 1. The first-order chi connectivity index (χ1) is 8.32. The maximum absolute atomic E-state index is 10.9. The fraction of sp³-hybridized carbons (Fsp3) is 0.455. The minimum atomic E-state index is -1.05. The number of nitro groups is 1. The maximum Gasteiger partial charge on any atom is 0.323 e. The molecular weight excluding hydrogens is 238 g/mol. The van der Waals surface area contributed by atoms with Crippen LogP contribution in [0.3, 0.4) is 0 Å². The molecule has 0 atom stereocenters. The lowest BCUT2D eigenvalue weighted by Crippen LogP contribution is -2.36. The predicted octanol–water partition coefficient (Wildman–Crippen LogP) is 1.60. The van der Waals surface area contributed by atoms with Crippen molar-refractivity contribution in [1.82, 2.24) is 4.98 Å². The van der Waals surface area contributed by atoms with Crippen molar-refractivity contribution in [2.75, 3.05) is 11.4 Å². The van der Waals surface area contributed by atoms with Crippen LogP contribution < -0.4 is 4.90 Å². The number of hydrogen-bond donors (Lipinski definition) is 1. The van der Waals surface area contributed by atoms with Gasteiger partial charge in [0.15, 0.2) is 0 Å². The molecule has 0 aliphatic heterocycles. The van der Waals surface area contributed by atoms with Crippen LogP contribution in [0.2, 0.25) is 0 Å². The van der Waals surface area contributed by atoms with Gasteiger partial charge in [0, 0.05) is 17.8 Å². The van der Waals surface area contributed by atoms with E-state index in [2.05, 4.69) is 4.98 Å². The summed E-state index contributed by atoms with van der Waals surface area (Å²) in [4.78, 5) is 26.7. The summed E-state index contributed by atoms with van der Waals surface area (Å²) >= 11 is 0. The molecule has 0 bridgehead atoms. The second-order valence-electron chi connectivity index (χ2n) is 4.17. The van der Waals surface area contributed by atoms with Gasteiger partial charge in [-0.2, -0.15) is 0 Å².